The molecule has 0 spiro atoms. The Bertz CT molecular complexity index is 831. The zero-order chi connectivity index (χ0) is 19.9. The zero-order valence-corrected chi connectivity index (χ0v) is 17.4. The van der Waals surface area contributed by atoms with Crippen LogP contribution in [0.3, 0.4) is 0 Å². The van der Waals surface area contributed by atoms with Crippen LogP contribution in [-0.4, -0.2) is 0 Å². The topological polar surface area (TPSA) is 0 Å². The van der Waals surface area contributed by atoms with Crippen molar-refractivity contribution in [1.29, 1.82) is 0 Å². The Hall–Kier alpha value is -2.34. The summed E-state index contributed by atoms with van der Waals surface area (Å²) in [6.45, 7) is 14.4. The lowest BCUT2D eigenvalue weighted by Crippen LogP contribution is -2.15. The molecular formula is C28H34. The fraction of sp³-hybridized carbons (Fsp3) is 0.357. The first-order valence-corrected chi connectivity index (χ1v) is 10.7. The Morgan fingerprint density at radius 1 is 0.964 bits per heavy atom. The number of allylic oxidation sites excluding steroid dienone is 1. The molecule has 0 unspecified atom stereocenters. The molecule has 1 saturated carbocycles. The second-order valence-electron chi connectivity index (χ2n) is 8.35. The maximum atomic E-state index is 4.45. The van der Waals surface area contributed by atoms with Crippen LogP contribution in [-0.2, 0) is 6.42 Å². The Morgan fingerprint density at radius 2 is 1.71 bits per heavy atom. The van der Waals surface area contributed by atoms with Gasteiger partial charge in [-0.3, -0.25) is 0 Å². The summed E-state index contributed by atoms with van der Waals surface area (Å²) in [4.78, 5) is 0. The normalized spacial score (nSPS) is 19.2. The maximum Gasteiger partial charge on any atom is -0.0161 e. The van der Waals surface area contributed by atoms with Crippen molar-refractivity contribution in [3.05, 3.63) is 95.6 Å². The molecule has 0 bridgehead atoms. The molecule has 0 atom stereocenters. The second kappa shape index (κ2) is 9.73. The van der Waals surface area contributed by atoms with E-state index in [1.807, 2.05) is 12.2 Å². The summed E-state index contributed by atoms with van der Waals surface area (Å²) in [6.07, 6.45) is 12.5. The summed E-state index contributed by atoms with van der Waals surface area (Å²) in [5, 5.41) is 0. The molecule has 0 amide bonds. The molecule has 1 aliphatic rings. The number of aryl methyl sites for hydroxylation is 2. The molecule has 0 radical (unpaired) electrons. The molecule has 146 valence electrons. The summed E-state index contributed by atoms with van der Waals surface area (Å²) < 4.78 is 0. The molecule has 0 aromatic heterocycles. The Labute approximate surface area is 171 Å². The van der Waals surface area contributed by atoms with Gasteiger partial charge in [-0.05, 0) is 86.0 Å². The highest BCUT2D eigenvalue weighted by atomic mass is 14.3. The monoisotopic (exact) mass is 370 g/mol. The van der Waals surface area contributed by atoms with Gasteiger partial charge < -0.3 is 0 Å². The van der Waals surface area contributed by atoms with E-state index >= 15 is 0 Å². The van der Waals surface area contributed by atoms with E-state index in [0.29, 0.717) is 5.92 Å². The molecule has 3 rings (SSSR count). The third-order valence-corrected chi connectivity index (χ3v) is 6.37. The summed E-state index contributed by atoms with van der Waals surface area (Å²) in [7, 11) is 0. The number of benzene rings is 2. The van der Waals surface area contributed by atoms with Crippen LogP contribution in [0.15, 0.2) is 67.8 Å². The van der Waals surface area contributed by atoms with Crippen molar-refractivity contribution in [1.82, 2.24) is 0 Å². The van der Waals surface area contributed by atoms with Gasteiger partial charge in [0, 0.05) is 0 Å². The number of hydrogen-bond acceptors (Lipinski definition) is 0. The summed E-state index contributed by atoms with van der Waals surface area (Å²) >= 11 is 0. The van der Waals surface area contributed by atoms with Crippen LogP contribution in [0, 0.1) is 12.8 Å². The molecule has 0 nitrogen and oxygen atoms in total. The van der Waals surface area contributed by atoms with Crippen molar-refractivity contribution in [2.45, 2.75) is 57.8 Å². The largest absolute Gasteiger partial charge is 0.0996 e. The second-order valence-corrected chi connectivity index (χ2v) is 8.35. The third kappa shape index (κ3) is 5.13. The molecule has 0 saturated heterocycles. The standard InChI is InChI=1S/C28H34/c1-5-24-14-13-23(20-25(24)6-2)11-8-10-22(4)26-15-17-27(18-16-26)28-12-7-9-21(3)19-28/h5-7,9,12-14,19-20,26-27H,1-2,4,8,10-11,15-18H2,3H3. The Morgan fingerprint density at radius 3 is 2.39 bits per heavy atom. The lowest BCUT2D eigenvalue weighted by atomic mass is 9.75. The van der Waals surface area contributed by atoms with Crippen LogP contribution < -0.4 is 0 Å². The molecule has 0 heteroatoms. The van der Waals surface area contributed by atoms with Crippen molar-refractivity contribution >= 4 is 12.2 Å². The fourth-order valence-corrected chi connectivity index (χ4v) is 4.63. The fourth-order valence-electron chi connectivity index (χ4n) is 4.63. The summed E-state index contributed by atoms with van der Waals surface area (Å²) in [6, 6.07) is 15.7. The maximum absolute atomic E-state index is 4.45. The van der Waals surface area contributed by atoms with Gasteiger partial charge >= 0.3 is 0 Å². The predicted molar refractivity (Wildman–Crippen MR) is 125 cm³/mol. The summed E-state index contributed by atoms with van der Waals surface area (Å²) in [5.74, 6) is 1.46. The van der Waals surface area contributed by atoms with Gasteiger partial charge in [-0.25, -0.2) is 0 Å². The minimum absolute atomic E-state index is 0.716. The van der Waals surface area contributed by atoms with Crippen LogP contribution in [0.2, 0.25) is 0 Å². The zero-order valence-electron chi connectivity index (χ0n) is 17.4. The van der Waals surface area contributed by atoms with Crippen LogP contribution >= 0.6 is 0 Å². The van der Waals surface area contributed by atoms with Gasteiger partial charge in [-0.2, -0.15) is 0 Å². The summed E-state index contributed by atoms with van der Waals surface area (Å²) in [5.41, 5.74) is 8.11. The minimum Gasteiger partial charge on any atom is -0.0996 e. The van der Waals surface area contributed by atoms with Gasteiger partial charge in [0.05, 0.1) is 0 Å². The predicted octanol–water partition coefficient (Wildman–Crippen LogP) is 8.13. The van der Waals surface area contributed by atoms with E-state index in [1.54, 1.807) is 0 Å². The van der Waals surface area contributed by atoms with Crippen molar-refractivity contribution in [3.8, 4) is 0 Å². The minimum atomic E-state index is 0.716. The molecule has 0 aliphatic heterocycles. The highest BCUT2D eigenvalue weighted by Crippen LogP contribution is 2.39. The number of rotatable bonds is 8. The smallest absolute Gasteiger partial charge is 0.0161 e. The van der Waals surface area contributed by atoms with Crippen LogP contribution in [0.25, 0.3) is 12.2 Å². The molecule has 0 heterocycles. The van der Waals surface area contributed by atoms with Gasteiger partial charge in [-0.1, -0.05) is 85.5 Å². The molecule has 1 aliphatic carbocycles. The van der Waals surface area contributed by atoms with E-state index in [9.17, 15) is 0 Å². The van der Waals surface area contributed by atoms with Crippen LogP contribution in [0.5, 0.6) is 0 Å². The van der Waals surface area contributed by atoms with E-state index in [2.05, 4.69) is 69.1 Å². The lowest BCUT2D eigenvalue weighted by molar-refractivity contribution is 0.356. The first-order valence-electron chi connectivity index (χ1n) is 10.7. The van der Waals surface area contributed by atoms with Crippen molar-refractivity contribution in [2.24, 2.45) is 5.92 Å². The average molecular weight is 371 g/mol. The van der Waals surface area contributed by atoms with E-state index in [1.165, 1.54) is 59.9 Å². The van der Waals surface area contributed by atoms with Gasteiger partial charge in [-0.15, -0.1) is 0 Å². The molecule has 2 aromatic carbocycles. The van der Waals surface area contributed by atoms with E-state index in [4.69, 9.17) is 0 Å². The van der Waals surface area contributed by atoms with Crippen LogP contribution in [0.4, 0.5) is 0 Å². The highest BCUT2D eigenvalue weighted by Gasteiger charge is 2.23. The van der Waals surface area contributed by atoms with E-state index < -0.39 is 0 Å². The lowest BCUT2D eigenvalue weighted by Gasteiger charge is -2.30. The van der Waals surface area contributed by atoms with E-state index in [-0.39, 0.29) is 0 Å². The third-order valence-electron chi connectivity index (χ3n) is 6.37. The Balaban J connectivity index is 1.46. The molecular weight excluding hydrogens is 336 g/mol. The van der Waals surface area contributed by atoms with Crippen molar-refractivity contribution in [2.75, 3.05) is 0 Å². The molecule has 28 heavy (non-hydrogen) atoms. The van der Waals surface area contributed by atoms with Gasteiger partial charge in [0.2, 0.25) is 0 Å². The first kappa shape index (κ1) is 20.4. The van der Waals surface area contributed by atoms with E-state index in [0.717, 1.165) is 24.3 Å². The van der Waals surface area contributed by atoms with Gasteiger partial charge in [0.25, 0.3) is 0 Å². The average Bonchev–Trinajstić information content (AvgIpc) is 2.73. The molecule has 2 aromatic rings. The first-order chi connectivity index (χ1) is 13.6. The molecule has 0 N–H and O–H groups in total. The van der Waals surface area contributed by atoms with Crippen molar-refractivity contribution in [3.63, 3.8) is 0 Å². The quantitative estimate of drug-likeness (QED) is 0.411. The number of hydrogen-bond donors (Lipinski definition) is 0. The molecule has 1 fully saturated rings. The van der Waals surface area contributed by atoms with Gasteiger partial charge in [0.1, 0.15) is 0 Å². The van der Waals surface area contributed by atoms with Gasteiger partial charge in [0.15, 0.2) is 0 Å². The van der Waals surface area contributed by atoms with Crippen LogP contribution in [0.1, 0.15) is 72.3 Å². The highest BCUT2D eigenvalue weighted by molar-refractivity contribution is 5.64. The Kier molecular flexibility index (Phi) is 7.09. The SMILES string of the molecule is C=Cc1ccc(CCCC(=C)C2CCC(c3cccc(C)c3)CC2)cc1C=C. The van der Waals surface area contributed by atoms with Crippen molar-refractivity contribution < 1.29 is 0 Å².